The summed E-state index contributed by atoms with van der Waals surface area (Å²) in [4.78, 5) is 8.58. The Morgan fingerprint density at radius 3 is 2.09 bits per heavy atom. The highest BCUT2D eigenvalue weighted by Gasteiger charge is 2.22. The first-order valence-corrected chi connectivity index (χ1v) is 13.2. The molecule has 1 fully saturated rings. The Labute approximate surface area is 219 Å². The number of anilines is 1. The Kier molecular flexibility index (Phi) is 7.36. The maximum atomic E-state index is 8.99. The lowest BCUT2D eigenvalue weighted by Gasteiger charge is -2.32. The van der Waals surface area contributed by atoms with Crippen LogP contribution >= 0.6 is 34.5 Å². The maximum Gasteiger partial charge on any atom is 0.184 e. The largest absolute Gasteiger partial charge is 0.359 e. The molecule has 176 valence electrons. The van der Waals surface area contributed by atoms with Crippen LogP contribution in [0.25, 0.3) is 21.7 Å². The lowest BCUT2D eigenvalue weighted by molar-refractivity contribution is 0.211. The first-order chi connectivity index (χ1) is 17.1. The van der Waals surface area contributed by atoms with Crippen LogP contribution in [0, 0.1) is 11.3 Å². The number of benzene rings is 3. The Morgan fingerprint density at radius 1 is 0.886 bits per heavy atom. The van der Waals surface area contributed by atoms with Crippen molar-refractivity contribution in [1.29, 1.82) is 5.26 Å². The van der Waals surface area contributed by atoms with Crippen LogP contribution in [-0.2, 0) is 6.54 Å². The van der Waals surface area contributed by atoms with E-state index >= 15 is 0 Å². The molecule has 35 heavy (non-hydrogen) atoms. The summed E-state index contributed by atoms with van der Waals surface area (Å²) in [5.41, 5.74) is 5.05. The van der Waals surface area contributed by atoms with Crippen LogP contribution in [-0.4, -0.2) is 29.0 Å². The summed E-state index contributed by atoms with van der Waals surface area (Å²) in [6.45, 7) is 2.96. The van der Waals surface area contributed by atoms with E-state index in [-0.39, 0.29) is 0 Å². The molecule has 0 radical (unpaired) electrons. The van der Waals surface area contributed by atoms with Crippen molar-refractivity contribution in [2.24, 2.45) is 0 Å². The highest BCUT2D eigenvalue weighted by Crippen LogP contribution is 2.40. The number of nitrogens with zero attached hydrogens (tertiary/aromatic N) is 3. The van der Waals surface area contributed by atoms with Gasteiger partial charge in [0.25, 0.3) is 0 Å². The molecule has 2 heterocycles. The summed E-state index contributed by atoms with van der Waals surface area (Å²) >= 11 is 13.9. The number of piperidine rings is 1. The van der Waals surface area contributed by atoms with Gasteiger partial charge in [-0.25, -0.2) is 4.98 Å². The fourth-order valence-electron chi connectivity index (χ4n) is 4.34. The summed E-state index contributed by atoms with van der Waals surface area (Å²) < 4.78 is 0. The number of thiazole rings is 1. The molecule has 0 saturated carbocycles. The van der Waals surface area contributed by atoms with Gasteiger partial charge in [-0.05, 0) is 60.4 Å². The lowest BCUT2D eigenvalue weighted by Crippen LogP contribution is -2.38. The van der Waals surface area contributed by atoms with Gasteiger partial charge in [-0.1, -0.05) is 70.9 Å². The van der Waals surface area contributed by atoms with E-state index in [0.29, 0.717) is 16.6 Å². The van der Waals surface area contributed by atoms with Gasteiger partial charge in [-0.15, -0.1) is 0 Å². The van der Waals surface area contributed by atoms with E-state index in [9.17, 15) is 0 Å². The monoisotopic (exact) mass is 518 g/mol. The van der Waals surface area contributed by atoms with Gasteiger partial charge < -0.3 is 5.32 Å². The van der Waals surface area contributed by atoms with Crippen molar-refractivity contribution in [2.45, 2.75) is 25.4 Å². The van der Waals surface area contributed by atoms with Crippen LogP contribution in [0.4, 0.5) is 5.13 Å². The number of nitriles is 1. The molecule has 1 saturated heterocycles. The first-order valence-electron chi connectivity index (χ1n) is 11.6. The van der Waals surface area contributed by atoms with Gasteiger partial charge in [0.05, 0.1) is 22.2 Å². The second-order valence-corrected chi connectivity index (χ2v) is 10.6. The first kappa shape index (κ1) is 23.8. The maximum absolute atomic E-state index is 8.99. The lowest BCUT2D eigenvalue weighted by atomic mass is 10.0. The minimum absolute atomic E-state index is 0.384. The average Bonchev–Trinajstić information content (AvgIpc) is 3.30. The van der Waals surface area contributed by atoms with E-state index in [1.807, 2.05) is 60.7 Å². The van der Waals surface area contributed by atoms with E-state index in [4.69, 9.17) is 33.4 Å². The van der Waals surface area contributed by atoms with E-state index in [2.05, 4.69) is 28.4 Å². The molecule has 0 atom stereocenters. The van der Waals surface area contributed by atoms with E-state index in [1.54, 1.807) is 11.3 Å². The van der Waals surface area contributed by atoms with Crippen LogP contribution in [0.5, 0.6) is 0 Å². The van der Waals surface area contributed by atoms with Crippen LogP contribution in [0.2, 0.25) is 10.0 Å². The molecule has 0 unspecified atom stereocenters. The molecule has 4 nitrogen and oxygen atoms in total. The summed E-state index contributed by atoms with van der Waals surface area (Å²) in [6, 6.07) is 26.2. The highest BCUT2D eigenvalue weighted by molar-refractivity contribution is 7.19. The topological polar surface area (TPSA) is 52.0 Å². The fraction of sp³-hybridized carbons (Fsp3) is 0.214. The van der Waals surface area contributed by atoms with Crippen LogP contribution in [0.3, 0.4) is 0 Å². The number of hydrogen-bond acceptors (Lipinski definition) is 5. The number of aromatic nitrogens is 1. The molecule has 1 aromatic heterocycles. The Bertz CT molecular complexity index is 1250. The van der Waals surface area contributed by atoms with Gasteiger partial charge in [0.2, 0.25) is 0 Å². The van der Waals surface area contributed by atoms with Crippen molar-refractivity contribution >= 4 is 39.7 Å². The predicted molar refractivity (Wildman–Crippen MR) is 146 cm³/mol. The standard InChI is InChI=1S/C28H24Cl2N4S/c29-23-9-5-21(6-10-23)26-27(22-7-11-24(30)12-8-22)35-28(33-26)32-25-13-15-34(16-14-25)18-20-3-1-19(17-31)2-4-20/h1-12,25H,13-16,18H2,(H,32,33). The zero-order chi connectivity index (χ0) is 24.2. The Hall–Kier alpha value is -2.88. The molecule has 4 aromatic rings. The van der Waals surface area contributed by atoms with Gasteiger partial charge in [0, 0.05) is 41.3 Å². The summed E-state index contributed by atoms with van der Waals surface area (Å²) in [5.74, 6) is 0. The van der Waals surface area contributed by atoms with E-state index in [0.717, 1.165) is 64.3 Å². The molecule has 0 bridgehead atoms. The Balaban J connectivity index is 1.28. The van der Waals surface area contributed by atoms with Gasteiger partial charge in [-0.2, -0.15) is 5.26 Å². The van der Waals surface area contributed by atoms with Gasteiger partial charge in [0.15, 0.2) is 5.13 Å². The third kappa shape index (κ3) is 5.86. The number of rotatable bonds is 6. The minimum atomic E-state index is 0.384. The molecule has 1 N–H and O–H groups in total. The van der Waals surface area contributed by atoms with Crippen LogP contribution in [0.1, 0.15) is 24.0 Å². The highest BCUT2D eigenvalue weighted by atomic mass is 35.5. The van der Waals surface area contributed by atoms with Crippen molar-refractivity contribution < 1.29 is 0 Å². The molecule has 3 aromatic carbocycles. The molecule has 0 aliphatic carbocycles. The molecule has 5 rings (SSSR count). The SMILES string of the molecule is N#Cc1ccc(CN2CCC(Nc3nc(-c4ccc(Cl)cc4)c(-c4ccc(Cl)cc4)s3)CC2)cc1. The second kappa shape index (κ2) is 10.8. The second-order valence-electron chi connectivity index (χ2n) is 8.71. The zero-order valence-corrected chi connectivity index (χ0v) is 21.4. The minimum Gasteiger partial charge on any atom is -0.359 e. The zero-order valence-electron chi connectivity index (χ0n) is 19.0. The fourth-order valence-corrected chi connectivity index (χ4v) is 5.66. The van der Waals surface area contributed by atoms with Crippen molar-refractivity contribution in [2.75, 3.05) is 18.4 Å². The summed E-state index contributed by atoms with van der Waals surface area (Å²) in [7, 11) is 0. The normalized spacial score (nSPS) is 14.5. The average molecular weight is 520 g/mol. The quantitative estimate of drug-likeness (QED) is 0.283. The number of likely N-dealkylation sites (tertiary alicyclic amines) is 1. The van der Waals surface area contributed by atoms with Gasteiger partial charge >= 0.3 is 0 Å². The molecule has 0 spiro atoms. The predicted octanol–water partition coefficient (Wildman–Crippen LogP) is 7.73. The van der Waals surface area contributed by atoms with E-state index in [1.165, 1.54) is 5.56 Å². The summed E-state index contributed by atoms with van der Waals surface area (Å²) in [6.07, 6.45) is 2.12. The van der Waals surface area contributed by atoms with Gasteiger partial charge in [0.1, 0.15) is 0 Å². The van der Waals surface area contributed by atoms with Crippen LogP contribution < -0.4 is 5.32 Å². The third-order valence-corrected chi connectivity index (χ3v) is 7.80. The third-order valence-electron chi connectivity index (χ3n) is 6.26. The van der Waals surface area contributed by atoms with Crippen molar-refractivity contribution in [3.63, 3.8) is 0 Å². The molecule has 1 aliphatic heterocycles. The van der Waals surface area contributed by atoms with Crippen molar-refractivity contribution in [3.05, 3.63) is 94.0 Å². The molecule has 0 amide bonds. The molecule has 1 aliphatic rings. The molecular formula is C28H24Cl2N4S. The molecule has 7 heteroatoms. The van der Waals surface area contributed by atoms with E-state index < -0.39 is 0 Å². The number of hydrogen-bond donors (Lipinski definition) is 1. The van der Waals surface area contributed by atoms with Crippen molar-refractivity contribution in [1.82, 2.24) is 9.88 Å². The smallest absolute Gasteiger partial charge is 0.184 e. The van der Waals surface area contributed by atoms with Crippen molar-refractivity contribution in [3.8, 4) is 27.8 Å². The van der Waals surface area contributed by atoms with Gasteiger partial charge in [-0.3, -0.25) is 4.90 Å². The Morgan fingerprint density at radius 2 is 1.49 bits per heavy atom. The molecular weight excluding hydrogens is 495 g/mol. The number of nitrogens with one attached hydrogen (secondary N) is 1. The summed E-state index contributed by atoms with van der Waals surface area (Å²) in [5, 5.41) is 15.1. The van der Waals surface area contributed by atoms with Crippen LogP contribution in [0.15, 0.2) is 72.8 Å². The number of halogens is 2.